The van der Waals surface area contributed by atoms with Gasteiger partial charge in [-0.15, -0.1) is 5.10 Å². The van der Waals surface area contributed by atoms with Gasteiger partial charge in [0.1, 0.15) is 0 Å². The van der Waals surface area contributed by atoms with Gasteiger partial charge >= 0.3 is 18.1 Å². The molecule has 1 aliphatic rings. The Morgan fingerprint density at radius 1 is 1.19 bits per heavy atom. The molecule has 1 saturated heterocycles. The van der Waals surface area contributed by atoms with E-state index in [1.165, 1.54) is 5.56 Å². The summed E-state index contributed by atoms with van der Waals surface area (Å²) in [7, 11) is 0. The molecular weight excluding hydrogens is 427 g/mol. The van der Waals surface area contributed by atoms with Gasteiger partial charge in [0.15, 0.2) is 5.82 Å². The Kier molecular flexibility index (Phi) is 6.97. The van der Waals surface area contributed by atoms with E-state index in [0.717, 1.165) is 25.1 Å². The zero-order valence-corrected chi connectivity index (χ0v) is 18.1. The van der Waals surface area contributed by atoms with E-state index in [-0.39, 0.29) is 12.2 Å². The highest BCUT2D eigenvalue weighted by molar-refractivity contribution is 5.90. The predicted octanol–water partition coefficient (Wildman–Crippen LogP) is 2.90. The molecule has 0 amide bonds. The fourth-order valence-corrected chi connectivity index (χ4v) is 4.15. The molecule has 0 saturated carbocycles. The minimum absolute atomic E-state index is 0.227. The number of carbonyl (C=O) groups is 2. The molecule has 11 heteroatoms. The highest BCUT2D eigenvalue weighted by Crippen LogP contribution is 2.40. The molecule has 3 atom stereocenters. The van der Waals surface area contributed by atoms with Crippen LogP contribution in [0.25, 0.3) is 0 Å². The number of rotatable bonds is 6. The monoisotopic (exact) mass is 453 g/mol. The van der Waals surface area contributed by atoms with E-state index in [1.807, 2.05) is 24.3 Å². The normalized spacial score (nSPS) is 18.9. The third kappa shape index (κ3) is 5.70. The second-order valence-electron chi connectivity index (χ2n) is 9.08. The number of nitrogens with one attached hydrogen (secondary N) is 2. The summed E-state index contributed by atoms with van der Waals surface area (Å²) in [6, 6.07) is 7.88. The Labute approximate surface area is 183 Å². The molecular formula is C21H26F3N5O3. The summed E-state index contributed by atoms with van der Waals surface area (Å²) in [6.45, 7) is 6.94. The van der Waals surface area contributed by atoms with Crippen LogP contribution in [0.5, 0.6) is 0 Å². The van der Waals surface area contributed by atoms with Crippen LogP contribution in [0, 0.1) is 11.3 Å². The lowest BCUT2D eigenvalue weighted by atomic mass is 9.70. The van der Waals surface area contributed by atoms with Gasteiger partial charge in [0.25, 0.3) is 0 Å². The summed E-state index contributed by atoms with van der Waals surface area (Å²) in [5.41, 5.74) is 1.19. The lowest BCUT2D eigenvalue weighted by Gasteiger charge is -2.34. The summed E-state index contributed by atoms with van der Waals surface area (Å²) in [5.74, 6) is -5.01. The lowest BCUT2D eigenvalue weighted by Crippen LogP contribution is -2.40. The van der Waals surface area contributed by atoms with Gasteiger partial charge in [0, 0.05) is 12.5 Å². The number of benzene rings is 1. The van der Waals surface area contributed by atoms with Gasteiger partial charge in [0.05, 0.1) is 5.92 Å². The van der Waals surface area contributed by atoms with Crippen molar-refractivity contribution in [2.75, 3.05) is 13.1 Å². The minimum atomic E-state index is -5.27. The maximum atomic E-state index is 12.8. The Hall–Kier alpha value is -2.82. The van der Waals surface area contributed by atoms with E-state index in [4.69, 9.17) is 0 Å². The van der Waals surface area contributed by atoms with Crippen molar-refractivity contribution in [3.8, 4) is 0 Å². The van der Waals surface area contributed by atoms with E-state index in [9.17, 15) is 22.8 Å². The molecule has 8 nitrogen and oxygen atoms in total. The number of alkyl halides is 3. The van der Waals surface area contributed by atoms with Gasteiger partial charge in [-0.25, -0.2) is 9.89 Å². The average molecular weight is 453 g/mol. The molecule has 1 fully saturated rings. The van der Waals surface area contributed by atoms with Crippen molar-refractivity contribution in [3.05, 3.63) is 41.2 Å². The van der Waals surface area contributed by atoms with Crippen LogP contribution < -0.4 is 5.32 Å². The van der Waals surface area contributed by atoms with Crippen LogP contribution in [-0.4, -0.2) is 51.8 Å². The van der Waals surface area contributed by atoms with Crippen molar-refractivity contribution in [1.29, 1.82) is 0 Å². The maximum Gasteiger partial charge on any atom is 0.491 e. The first-order valence-corrected chi connectivity index (χ1v) is 10.3. The first-order chi connectivity index (χ1) is 15.0. The van der Waals surface area contributed by atoms with Crippen LogP contribution in [0.15, 0.2) is 24.3 Å². The van der Waals surface area contributed by atoms with E-state index >= 15 is 0 Å². The number of aromatic nitrogens is 4. The number of esters is 2. The molecule has 0 radical (unpaired) electrons. The van der Waals surface area contributed by atoms with Crippen LogP contribution in [0.4, 0.5) is 13.2 Å². The van der Waals surface area contributed by atoms with Crippen molar-refractivity contribution < 1.29 is 27.5 Å². The molecule has 3 rings (SSSR count). The summed E-state index contributed by atoms with van der Waals surface area (Å²) in [5, 5.41) is 16.9. The molecule has 1 aromatic heterocycles. The van der Waals surface area contributed by atoms with Crippen molar-refractivity contribution in [1.82, 2.24) is 25.9 Å². The third-order valence-electron chi connectivity index (χ3n) is 5.69. The molecule has 1 aromatic carbocycles. The van der Waals surface area contributed by atoms with Crippen molar-refractivity contribution in [2.24, 2.45) is 11.3 Å². The Bertz CT molecular complexity index is 918. The summed E-state index contributed by atoms with van der Waals surface area (Å²) < 4.78 is 42.3. The van der Waals surface area contributed by atoms with Crippen LogP contribution in [0.2, 0.25) is 0 Å². The van der Waals surface area contributed by atoms with Crippen molar-refractivity contribution in [3.63, 3.8) is 0 Å². The predicted molar refractivity (Wildman–Crippen MR) is 107 cm³/mol. The number of hydrogen-bond acceptors (Lipinski definition) is 7. The second kappa shape index (κ2) is 9.35. The number of tetrazole rings is 1. The number of aromatic amines is 1. The molecule has 1 aliphatic heterocycles. The van der Waals surface area contributed by atoms with Gasteiger partial charge in [-0.2, -0.15) is 13.2 Å². The topological polar surface area (TPSA) is 110 Å². The standard InChI is InChI=1S/C21H26F3N5O3/c1-20(2,3)16(18(30)32-19(31)21(22,23)24)15(17-26-28-29-27-17)10-12-4-6-13(7-5-12)14-8-9-25-11-14/h4-7,14-16,25H,8-11H2,1-3H3,(H,26,27,28,29)/t14?,15-,16?/m0/s1. The number of halogens is 3. The first kappa shape index (κ1) is 23.8. The highest BCUT2D eigenvalue weighted by Gasteiger charge is 2.47. The molecule has 2 N–H and O–H groups in total. The number of hydrogen-bond donors (Lipinski definition) is 2. The van der Waals surface area contributed by atoms with E-state index in [1.54, 1.807) is 20.8 Å². The minimum Gasteiger partial charge on any atom is -0.386 e. The van der Waals surface area contributed by atoms with E-state index in [0.29, 0.717) is 5.92 Å². The van der Waals surface area contributed by atoms with Gasteiger partial charge in [-0.3, -0.25) is 4.79 Å². The van der Waals surface area contributed by atoms with Crippen LogP contribution >= 0.6 is 0 Å². The molecule has 2 aromatic rings. The number of nitrogens with zero attached hydrogens (tertiary/aromatic N) is 3. The number of carbonyl (C=O) groups excluding carboxylic acids is 2. The zero-order chi connectivity index (χ0) is 23.5. The molecule has 0 bridgehead atoms. The quantitative estimate of drug-likeness (QED) is 0.511. The average Bonchev–Trinajstić information content (AvgIpc) is 3.40. The van der Waals surface area contributed by atoms with Gasteiger partial charge in [-0.05, 0) is 52.3 Å². The molecule has 2 heterocycles. The third-order valence-corrected chi connectivity index (χ3v) is 5.69. The van der Waals surface area contributed by atoms with E-state index in [2.05, 4.69) is 30.7 Å². The summed E-state index contributed by atoms with van der Waals surface area (Å²) in [4.78, 5) is 24.1. The van der Waals surface area contributed by atoms with Crippen molar-refractivity contribution in [2.45, 2.75) is 51.6 Å². The fraction of sp³-hybridized carbons (Fsp3) is 0.571. The first-order valence-electron chi connectivity index (χ1n) is 10.3. The van der Waals surface area contributed by atoms with Gasteiger partial charge in [0.2, 0.25) is 0 Å². The number of ether oxygens (including phenoxy) is 1. The molecule has 0 aliphatic carbocycles. The van der Waals surface area contributed by atoms with Crippen LogP contribution in [0.3, 0.4) is 0 Å². The molecule has 174 valence electrons. The smallest absolute Gasteiger partial charge is 0.386 e. The Morgan fingerprint density at radius 2 is 1.88 bits per heavy atom. The SMILES string of the molecule is CC(C)(C)C(C(=O)OC(=O)C(F)(F)F)[C@H](Cc1ccc(C2CCNC2)cc1)c1nnn[nH]1. The second-order valence-corrected chi connectivity index (χ2v) is 9.08. The highest BCUT2D eigenvalue weighted by atomic mass is 19.4. The fourth-order valence-electron chi connectivity index (χ4n) is 4.15. The maximum absolute atomic E-state index is 12.8. The lowest BCUT2D eigenvalue weighted by molar-refractivity contribution is -0.204. The summed E-state index contributed by atoms with van der Waals surface area (Å²) in [6.07, 6.45) is -3.96. The van der Waals surface area contributed by atoms with Gasteiger partial charge in [-0.1, -0.05) is 45.0 Å². The van der Waals surface area contributed by atoms with Crippen molar-refractivity contribution >= 4 is 11.9 Å². The molecule has 32 heavy (non-hydrogen) atoms. The summed E-state index contributed by atoms with van der Waals surface area (Å²) >= 11 is 0. The molecule has 2 unspecified atom stereocenters. The largest absolute Gasteiger partial charge is 0.491 e. The Balaban J connectivity index is 1.88. The zero-order valence-electron chi connectivity index (χ0n) is 18.1. The Morgan fingerprint density at radius 3 is 2.38 bits per heavy atom. The van der Waals surface area contributed by atoms with E-state index < -0.39 is 35.4 Å². The van der Waals surface area contributed by atoms with Crippen LogP contribution in [0.1, 0.15) is 56.0 Å². The van der Waals surface area contributed by atoms with Gasteiger partial charge < -0.3 is 10.1 Å². The van der Waals surface area contributed by atoms with Crippen LogP contribution in [-0.2, 0) is 20.7 Å². The number of H-pyrrole nitrogens is 1. The molecule has 0 spiro atoms.